The van der Waals surface area contributed by atoms with Crippen molar-refractivity contribution in [3.05, 3.63) is 53.0 Å². The van der Waals surface area contributed by atoms with Crippen molar-refractivity contribution in [3.8, 4) is 5.88 Å². The molecule has 0 bridgehead atoms. The highest BCUT2D eigenvalue weighted by molar-refractivity contribution is 5.42. The van der Waals surface area contributed by atoms with Gasteiger partial charge >= 0.3 is 0 Å². The number of aromatic nitrogens is 2. The zero-order valence-corrected chi connectivity index (χ0v) is 8.05. The van der Waals surface area contributed by atoms with Crippen molar-refractivity contribution in [2.24, 2.45) is 0 Å². The fourth-order valence-electron chi connectivity index (χ4n) is 1.44. The van der Waals surface area contributed by atoms with Gasteiger partial charge in [-0.2, -0.15) is 4.98 Å². The van der Waals surface area contributed by atoms with Gasteiger partial charge in [-0.1, -0.05) is 12.1 Å². The van der Waals surface area contributed by atoms with E-state index in [9.17, 15) is 9.90 Å². The van der Waals surface area contributed by atoms with Crippen LogP contribution in [0.3, 0.4) is 0 Å². The minimum absolute atomic E-state index is 0.217. The van der Waals surface area contributed by atoms with Crippen molar-refractivity contribution < 1.29 is 5.11 Å². The summed E-state index contributed by atoms with van der Waals surface area (Å²) in [4.78, 5) is 15.8. The van der Waals surface area contributed by atoms with Gasteiger partial charge in [0.2, 0.25) is 5.88 Å². The summed E-state index contributed by atoms with van der Waals surface area (Å²) in [5.74, 6) is -0.217. The molecular weight excluding hydrogens is 192 g/mol. The Hall–Kier alpha value is -2.10. The predicted octanol–water partition coefficient (Wildman–Crippen LogP) is 1.13. The van der Waals surface area contributed by atoms with Gasteiger partial charge in [0.1, 0.15) is 5.65 Å². The molecule has 0 saturated carbocycles. The summed E-state index contributed by atoms with van der Waals surface area (Å²) in [6, 6.07) is 5.16. The quantitative estimate of drug-likeness (QED) is 0.743. The summed E-state index contributed by atoms with van der Waals surface area (Å²) in [6.45, 7) is 3.53. The van der Waals surface area contributed by atoms with E-state index in [0.717, 1.165) is 0 Å². The second-order valence-corrected chi connectivity index (χ2v) is 3.14. The second kappa shape index (κ2) is 3.57. The van der Waals surface area contributed by atoms with Gasteiger partial charge in [-0.25, -0.2) is 0 Å². The molecule has 0 radical (unpaired) electrons. The normalized spacial score (nSPS) is 10.4. The van der Waals surface area contributed by atoms with E-state index < -0.39 is 0 Å². The number of allylic oxidation sites excluding steroid dienone is 1. The zero-order chi connectivity index (χ0) is 10.8. The first-order chi connectivity index (χ1) is 7.24. The molecule has 0 fully saturated rings. The molecule has 0 saturated heterocycles. The van der Waals surface area contributed by atoms with E-state index in [4.69, 9.17) is 0 Å². The molecule has 0 atom stereocenters. The summed E-state index contributed by atoms with van der Waals surface area (Å²) < 4.78 is 1.40. The smallest absolute Gasteiger partial charge is 0.265 e. The molecule has 1 N–H and O–H groups in total. The highest BCUT2D eigenvalue weighted by Crippen LogP contribution is 2.11. The highest BCUT2D eigenvalue weighted by Gasteiger charge is 2.09. The van der Waals surface area contributed by atoms with Crippen LogP contribution in [0, 0.1) is 0 Å². The lowest BCUT2D eigenvalue weighted by atomic mass is 10.2. The van der Waals surface area contributed by atoms with Crippen molar-refractivity contribution in [2.75, 3.05) is 0 Å². The molecule has 0 amide bonds. The van der Waals surface area contributed by atoms with E-state index in [0.29, 0.717) is 12.1 Å². The van der Waals surface area contributed by atoms with Gasteiger partial charge in [0.05, 0.1) is 5.56 Å². The number of fused-ring (bicyclic) bond motifs is 1. The van der Waals surface area contributed by atoms with Gasteiger partial charge in [-0.3, -0.25) is 9.20 Å². The van der Waals surface area contributed by atoms with Crippen LogP contribution in [-0.4, -0.2) is 14.5 Å². The summed E-state index contributed by atoms with van der Waals surface area (Å²) in [7, 11) is 0. The molecule has 0 spiro atoms. The highest BCUT2D eigenvalue weighted by atomic mass is 16.3. The molecule has 4 nitrogen and oxygen atoms in total. The third-order valence-corrected chi connectivity index (χ3v) is 2.15. The minimum atomic E-state index is -0.252. The fraction of sp³-hybridized carbons (Fsp3) is 0.0909. The van der Waals surface area contributed by atoms with Crippen LogP contribution in [0.2, 0.25) is 0 Å². The number of nitrogens with zero attached hydrogens (tertiary/aromatic N) is 2. The molecule has 2 aromatic rings. The lowest BCUT2D eigenvalue weighted by Crippen LogP contribution is -2.19. The Labute approximate surface area is 86.1 Å². The number of aromatic hydroxyl groups is 1. The summed E-state index contributed by atoms with van der Waals surface area (Å²) in [5.41, 5.74) is 0.458. The Morgan fingerprint density at radius 1 is 1.53 bits per heavy atom. The van der Waals surface area contributed by atoms with E-state index >= 15 is 0 Å². The van der Waals surface area contributed by atoms with Crippen molar-refractivity contribution in [1.29, 1.82) is 0 Å². The predicted molar refractivity (Wildman–Crippen MR) is 57.0 cm³/mol. The van der Waals surface area contributed by atoms with Crippen LogP contribution in [0.1, 0.15) is 5.56 Å². The molecular formula is C11H10N2O2. The van der Waals surface area contributed by atoms with Crippen molar-refractivity contribution in [2.45, 2.75) is 6.42 Å². The van der Waals surface area contributed by atoms with E-state index in [1.807, 2.05) is 0 Å². The number of hydrogen-bond donors (Lipinski definition) is 1. The molecule has 0 unspecified atom stereocenters. The largest absolute Gasteiger partial charge is 0.493 e. The second-order valence-electron chi connectivity index (χ2n) is 3.14. The van der Waals surface area contributed by atoms with Gasteiger partial charge in [0.25, 0.3) is 5.56 Å². The SMILES string of the molecule is C=CCc1c(O)nc2ccccn2c1=O. The number of hydrogen-bond acceptors (Lipinski definition) is 3. The standard InChI is InChI=1S/C11H10N2O2/c1-2-5-8-10(14)12-9-6-3-4-7-13(9)11(8)15/h2-4,6-7,14H,1,5H2. The molecule has 0 aliphatic heterocycles. The van der Waals surface area contributed by atoms with Crippen LogP contribution in [-0.2, 0) is 6.42 Å². The molecule has 2 heterocycles. The maximum absolute atomic E-state index is 11.9. The molecule has 15 heavy (non-hydrogen) atoms. The lowest BCUT2D eigenvalue weighted by Gasteiger charge is -2.03. The van der Waals surface area contributed by atoms with Gasteiger partial charge in [0, 0.05) is 12.6 Å². The summed E-state index contributed by atoms with van der Waals surface area (Å²) >= 11 is 0. The first-order valence-electron chi connectivity index (χ1n) is 4.54. The average Bonchev–Trinajstić information content (AvgIpc) is 2.24. The maximum Gasteiger partial charge on any atom is 0.265 e. The number of rotatable bonds is 2. The Morgan fingerprint density at radius 2 is 2.33 bits per heavy atom. The third kappa shape index (κ3) is 1.50. The minimum Gasteiger partial charge on any atom is -0.493 e. The average molecular weight is 202 g/mol. The Bertz CT molecular complexity index is 572. The Balaban J connectivity index is 2.84. The number of pyridine rings is 1. The van der Waals surface area contributed by atoms with Crippen molar-refractivity contribution in [3.63, 3.8) is 0 Å². The summed E-state index contributed by atoms with van der Waals surface area (Å²) in [5, 5.41) is 9.55. The van der Waals surface area contributed by atoms with Crippen LogP contribution in [0.5, 0.6) is 5.88 Å². The topological polar surface area (TPSA) is 54.6 Å². The van der Waals surface area contributed by atoms with Crippen molar-refractivity contribution >= 4 is 5.65 Å². The Morgan fingerprint density at radius 3 is 3.07 bits per heavy atom. The van der Waals surface area contributed by atoms with E-state index in [1.165, 1.54) is 4.40 Å². The summed E-state index contributed by atoms with van der Waals surface area (Å²) in [6.07, 6.45) is 3.50. The van der Waals surface area contributed by atoms with Crippen LogP contribution in [0.15, 0.2) is 41.8 Å². The molecule has 76 valence electrons. The van der Waals surface area contributed by atoms with Gasteiger partial charge < -0.3 is 5.11 Å². The van der Waals surface area contributed by atoms with E-state index in [1.54, 1.807) is 30.5 Å². The van der Waals surface area contributed by atoms with Crippen LogP contribution in [0.25, 0.3) is 5.65 Å². The monoisotopic (exact) mass is 202 g/mol. The maximum atomic E-state index is 11.9. The van der Waals surface area contributed by atoms with Gasteiger partial charge in [-0.05, 0) is 12.1 Å². The molecule has 2 aromatic heterocycles. The first-order valence-corrected chi connectivity index (χ1v) is 4.54. The molecule has 2 rings (SSSR count). The first kappa shape index (κ1) is 9.45. The Kier molecular flexibility index (Phi) is 2.25. The van der Waals surface area contributed by atoms with E-state index in [-0.39, 0.29) is 17.0 Å². The van der Waals surface area contributed by atoms with Crippen LogP contribution in [0.4, 0.5) is 0 Å². The lowest BCUT2D eigenvalue weighted by molar-refractivity contribution is 0.446. The van der Waals surface area contributed by atoms with Crippen molar-refractivity contribution in [1.82, 2.24) is 9.38 Å². The molecule has 0 aliphatic carbocycles. The van der Waals surface area contributed by atoms with Crippen LogP contribution >= 0.6 is 0 Å². The molecule has 0 aliphatic rings. The van der Waals surface area contributed by atoms with Gasteiger partial charge in [0.15, 0.2) is 0 Å². The van der Waals surface area contributed by atoms with Gasteiger partial charge in [-0.15, -0.1) is 6.58 Å². The molecule has 4 heteroatoms. The molecule has 0 aromatic carbocycles. The zero-order valence-electron chi connectivity index (χ0n) is 8.05. The van der Waals surface area contributed by atoms with Crippen LogP contribution < -0.4 is 5.56 Å². The third-order valence-electron chi connectivity index (χ3n) is 2.15. The fourth-order valence-corrected chi connectivity index (χ4v) is 1.44. The van der Waals surface area contributed by atoms with E-state index in [2.05, 4.69) is 11.6 Å².